The summed E-state index contributed by atoms with van der Waals surface area (Å²) < 4.78 is 1.62. The summed E-state index contributed by atoms with van der Waals surface area (Å²) >= 11 is 18.5. The summed E-state index contributed by atoms with van der Waals surface area (Å²) in [5.41, 5.74) is 4.19. The summed E-state index contributed by atoms with van der Waals surface area (Å²) in [6, 6.07) is 12.5. The number of rotatable bonds is 2. The van der Waals surface area contributed by atoms with Gasteiger partial charge in [-0.2, -0.15) is 5.10 Å². The number of fused-ring (bicyclic) bond motifs is 1. The van der Waals surface area contributed by atoms with Gasteiger partial charge in [-0.25, -0.2) is 4.68 Å². The van der Waals surface area contributed by atoms with Crippen molar-refractivity contribution in [3.8, 4) is 5.69 Å². The van der Waals surface area contributed by atoms with Gasteiger partial charge in [0.15, 0.2) is 0 Å². The Hall–Kier alpha value is -2.27. The summed E-state index contributed by atoms with van der Waals surface area (Å²) in [5, 5.41) is 8.93. The highest BCUT2D eigenvalue weighted by Gasteiger charge is 2.25. The van der Waals surface area contributed by atoms with Crippen molar-refractivity contribution in [3.05, 3.63) is 74.5 Å². The molecular weight excluding hydrogens is 393 g/mol. The van der Waals surface area contributed by atoms with Crippen molar-refractivity contribution in [2.45, 2.75) is 6.92 Å². The maximum absolute atomic E-state index is 12.4. The number of halogens is 3. The summed E-state index contributed by atoms with van der Waals surface area (Å²) in [6.07, 6.45) is 1.76. The zero-order valence-electron chi connectivity index (χ0n) is 13.6. The van der Waals surface area contributed by atoms with Gasteiger partial charge in [0.05, 0.1) is 17.1 Å². The van der Waals surface area contributed by atoms with E-state index in [0.717, 1.165) is 11.3 Å². The van der Waals surface area contributed by atoms with Crippen LogP contribution in [0.4, 0.5) is 5.69 Å². The molecule has 0 atom stereocenters. The number of benzene rings is 2. The van der Waals surface area contributed by atoms with Gasteiger partial charge in [0, 0.05) is 26.7 Å². The molecule has 1 aromatic heterocycles. The van der Waals surface area contributed by atoms with Gasteiger partial charge in [-0.1, -0.05) is 40.9 Å². The van der Waals surface area contributed by atoms with Gasteiger partial charge in [-0.15, -0.1) is 0 Å². The molecule has 0 aliphatic carbocycles. The number of hydrogen-bond donors (Lipinski definition) is 1. The number of nitrogens with zero attached hydrogens (tertiary/aromatic N) is 2. The minimum absolute atomic E-state index is 0.197. The number of carbonyl (C=O) groups excluding carboxylic acids is 1. The lowest BCUT2D eigenvalue weighted by Gasteiger charge is -2.03. The molecule has 7 heteroatoms. The van der Waals surface area contributed by atoms with Crippen molar-refractivity contribution in [2.75, 3.05) is 5.32 Å². The number of aryl methyl sites for hydroxylation is 1. The lowest BCUT2D eigenvalue weighted by atomic mass is 10.0. The van der Waals surface area contributed by atoms with Crippen molar-refractivity contribution < 1.29 is 4.79 Å². The van der Waals surface area contributed by atoms with Crippen LogP contribution in [0.5, 0.6) is 0 Å². The second kappa shape index (κ2) is 6.47. The largest absolute Gasteiger partial charge is 0.321 e. The highest BCUT2D eigenvalue weighted by Crippen LogP contribution is 2.36. The molecule has 0 bridgehead atoms. The van der Waals surface area contributed by atoms with E-state index < -0.39 is 0 Å². The van der Waals surface area contributed by atoms with Gasteiger partial charge >= 0.3 is 0 Å². The Labute approximate surface area is 165 Å². The van der Waals surface area contributed by atoms with Crippen LogP contribution >= 0.6 is 34.8 Å². The van der Waals surface area contributed by atoms with Crippen LogP contribution in [-0.2, 0) is 4.79 Å². The van der Waals surface area contributed by atoms with E-state index in [2.05, 4.69) is 10.4 Å². The fourth-order valence-corrected chi connectivity index (χ4v) is 3.51. The average molecular weight is 405 g/mol. The van der Waals surface area contributed by atoms with E-state index in [1.54, 1.807) is 35.0 Å². The van der Waals surface area contributed by atoms with Crippen LogP contribution in [0.1, 0.15) is 16.8 Å². The molecule has 0 saturated carbocycles. The Morgan fingerprint density at radius 2 is 1.73 bits per heavy atom. The number of aromatic nitrogens is 2. The van der Waals surface area contributed by atoms with Crippen molar-refractivity contribution in [1.82, 2.24) is 9.78 Å². The average Bonchev–Trinajstić information content (AvgIpc) is 3.06. The molecular formula is C19H12Cl3N3O. The van der Waals surface area contributed by atoms with Crippen molar-refractivity contribution in [3.63, 3.8) is 0 Å². The molecule has 0 saturated heterocycles. The standard InChI is InChI=1S/C19H12Cl3N3O/c1-10-15(18(22)25(24-10)13-5-2-11(20)3-6-13)9-16-14-7-4-12(21)8-17(14)23-19(16)26/h2-9H,1H3,(H,23,26). The van der Waals surface area contributed by atoms with Crippen LogP contribution in [0.25, 0.3) is 17.3 Å². The first-order valence-corrected chi connectivity index (χ1v) is 8.91. The zero-order chi connectivity index (χ0) is 18.4. The highest BCUT2D eigenvalue weighted by molar-refractivity contribution is 6.38. The Kier molecular flexibility index (Phi) is 4.27. The van der Waals surface area contributed by atoms with Crippen LogP contribution in [0.2, 0.25) is 15.2 Å². The molecule has 4 rings (SSSR count). The van der Waals surface area contributed by atoms with Gasteiger partial charge < -0.3 is 5.32 Å². The maximum atomic E-state index is 12.4. The fourth-order valence-electron chi connectivity index (χ4n) is 2.88. The second-order valence-electron chi connectivity index (χ2n) is 5.88. The molecule has 1 aliphatic rings. The van der Waals surface area contributed by atoms with Crippen LogP contribution < -0.4 is 5.32 Å². The number of amides is 1. The first-order chi connectivity index (χ1) is 12.4. The molecule has 2 aromatic carbocycles. The third-order valence-electron chi connectivity index (χ3n) is 4.17. The molecule has 0 radical (unpaired) electrons. The molecule has 0 fully saturated rings. The molecule has 1 aliphatic heterocycles. The highest BCUT2D eigenvalue weighted by atomic mass is 35.5. The predicted molar refractivity (Wildman–Crippen MR) is 106 cm³/mol. The van der Waals surface area contributed by atoms with Crippen LogP contribution in [0.3, 0.4) is 0 Å². The van der Waals surface area contributed by atoms with Crippen LogP contribution in [0, 0.1) is 6.92 Å². The smallest absolute Gasteiger partial charge is 0.256 e. The number of nitrogens with one attached hydrogen (secondary N) is 1. The minimum atomic E-state index is -0.197. The Bertz CT molecular complexity index is 1070. The molecule has 0 spiro atoms. The van der Waals surface area contributed by atoms with Crippen LogP contribution in [0.15, 0.2) is 42.5 Å². The third-order valence-corrected chi connectivity index (χ3v) is 5.02. The molecule has 130 valence electrons. The number of anilines is 1. The quantitative estimate of drug-likeness (QED) is 0.562. The lowest BCUT2D eigenvalue weighted by Crippen LogP contribution is -2.03. The van der Waals surface area contributed by atoms with Crippen molar-refractivity contribution in [2.24, 2.45) is 0 Å². The predicted octanol–water partition coefficient (Wildman–Crippen LogP) is 5.63. The maximum Gasteiger partial charge on any atom is 0.256 e. The Balaban J connectivity index is 1.82. The zero-order valence-corrected chi connectivity index (χ0v) is 15.8. The summed E-state index contributed by atoms with van der Waals surface area (Å²) in [7, 11) is 0. The van der Waals surface area contributed by atoms with Gasteiger partial charge in [-0.3, -0.25) is 4.79 Å². The van der Waals surface area contributed by atoms with E-state index in [1.807, 2.05) is 25.1 Å². The second-order valence-corrected chi connectivity index (χ2v) is 7.11. The fraction of sp³-hybridized carbons (Fsp3) is 0.0526. The van der Waals surface area contributed by atoms with Gasteiger partial charge in [0.2, 0.25) is 0 Å². The monoisotopic (exact) mass is 403 g/mol. The molecule has 3 aromatic rings. The number of carbonyl (C=O) groups is 1. The third kappa shape index (κ3) is 2.90. The molecule has 26 heavy (non-hydrogen) atoms. The normalized spacial score (nSPS) is 14.6. The van der Waals surface area contributed by atoms with Gasteiger partial charge in [-0.05, 0) is 49.4 Å². The van der Waals surface area contributed by atoms with E-state index in [-0.39, 0.29) is 5.91 Å². The molecule has 2 heterocycles. The van der Waals surface area contributed by atoms with E-state index in [9.17, 15) is 4.79 Å². The van der Waals surface area contributed by atoms with E-state index in [4.69, 9.17) is 34.8 Å². The summed E-state index contributed by atoms with van der Waals surface area (Å²) in [4.78, 5) is 12.4. The lowest BCUT2D eigenvalue weighted by molar-refractivity contribution is -0.110. The SMILES string of the molecule is Cc1nn(-c2ccc(Cl)cc2)c(Cl)c1C=C1C(=O)Nc2cc(Cl)ccc21. The molecule has 1 amide bonds. The van der Waals surface area contributed by atoms with Crippen molar-refractivity contribution >= 4 is 58.0 Å². The van der Waals surface area contributed by atoms with Gasteiger partial charge in [0.25, 0.3) is 5.91 Å². The van der Waals surface area contributed by atoms with E-state index in [1.165, 1.54) is 0 Å². The topological polar surface area (TPSA) is 46.9 Å². The number of hydrogen-bond acceptors (Lipinski definition) is 2. The minimum Gasteiger partial charge on any atom is -0.321 e. The molecule has 1 N–H and O–H groups in total. The molecule has 4 nitrogen and oxygen atoms in total. The first-order valence-electron chi connectivity index (χ1n) is 7.78. The van der Waals surface area contributed by atoms with E-state index in [0.29, 0.717) is 37.7 Å². The van der Waals surface area contributed by atoms with E-state index >= 15 is 0 Å². The summed E-state index contributed by atoms with van der Waals surface area (Å²) in [5.74, 6) is -0.197. The first kappa shape index (κ1) is 17.2. The van der Waals surface area contributed by atoms with Crippen LogP contribution in [-0.4, -0.2) is 15.7 Å². The Morgan fingerprint density at radius 1 is 1.04 bits per heavy atom. The molecule has 0 unspecified atom stereocenters. The van der Waals surface area contributed by atoms with Gasteiger partial charge in [0.1, 0.15) is 5.15 Å². The Morgan fingerprint density at radius 3 is 2.46 bits per heavy atom. The van der Waals surface area contributed by atoms with Crippen molar-refractivity contribution in [1.29, 1.82) is 0 Å². The summed E-state index contributed by atoms with van der Waals surface area (Å²) in [6.45, 7) is 1.85.